The van der Waals surface area contributed by atoms with E-state index in [1.807, 2.05) is 0 Å². The molecule has 1 N–H and O–H groups in total. The fourth-order valence-corrected chi connectivity index (χ4v) is 1.58. The molecule has 2 nitrogen and oxygen atoms in total. The third-order valence-corrected chi connectivity index (χ3v) is 2.59. The van der Waals surface area contributed by atoms with Crippen LogP contribution in [-0.2, 0) is 12.8 Å². The predicted octanol–water partition coefficient (Wildman–Crippen LogP) is 4.13. The fourth-order valence-electron chi connectivity index (χ4n) is 1.58. The molecule has 0 atom stereocenters. The van der Waals surface area contributed by atoms with Gasteiger partial charge in [-0.2, -0.15) is 13.2 Å². The van der Waals surface area contributed by atoms with Gasteiger partial charge in [0.1, 0.15) is 23.9 Å². The Morgan fingerprint density at radius 1 is 1.05 bits per heavy atom. The van der Waals surface area contributed by atoms with Crippen molar-refractivity contribution in [3.05, 3.63) is 59.4 Å². The van der Waals surface area contributed by atoms with Gasteiger partial charge < -0.3 is 9.84 Å². The number of benzene rings is 2. The van der Waals surface area contributed by atoms with Crippen molar-refractivity contribution in [2.24, 2.45) is 0 Å². The van der Waals surface area contributed by atoms with Gasteiger partial charge in [-0.25, -0.2) is 4.39 Å². The predicted molar refractivity (Wildman–Crippen MR) is 63.8 cm³/mol. The maximum Gasteiger partial charge on any atom is 0.416 e. The zero-order chi connectivity index (χ0) is 14.8. The fraction of sp³-hybridized carbons (Fsp3) is 0.143. The molecule has 0 spiro atoms. The normalized spacial score (nSPS) is 11.4. The third-order valence-electron chi connectivity index (χ3n) is 2.59. The first-order valence-corrected chi connectivity index (χ1v) is 5.64. The number of halogens is 4. The first-order chi connectivity index (χ1) is 9.36. The lowest BCUT2D eigenvalue weighted by Gasteiger charge is -2.10. The largest absolute Gasteiger partial charge is 0.508 e. The first-order valence-electron chi connectivity index (χ1n) is 5.64. The zero-order valence-corrected chi connectivity index (χ0v) is 10.1. The van der Waals surface area contributed by atoms with Gasteiger partial charge in [0.25, 0.3) is 0 Å². The summed E-state index contributed by atoms with van der Waals surface area (Å²) in [5.41, 5.74) is -0.693. The molecule has 0 amide bonds. The number of rotatable bonds is 3. The standard InChI is InChI=1S/C14H10F4O2/c15-13-7-11(19)5-4-9(13)8-20-12-3-1-2-10(6-12)14(16,17)18/h1-7,19H,8H2. The van der Waals surface area contributed by atoms with E-state index in [2.05, 4.69) is 0 Å². The van der Waals surface area contributed by atoms with Gasteiger partial charge in [-0.05, 0) is 30.3 Å². The monoisotopic (exact) mass is 286 g/mol. The van der Waals surface area contributed by atoms with E-state index in [4.69, 9.17) is 9.84 Å². The minimum Gasteiger partial charge on any atom is -0.508 e. The number of phenols is 1. The molecule has 2 aromatic rings. The Morgan fingerprint density at radius 2 is 1.80 bits per heavy atom. The smallest absolute Gasteiger partial charge is 0.416 e. The number of hydrogen-bond donors (Lipinski definition) is 1. The van der Waals surface area contributed by atoms with Crippen molar-refractivity contribution in [1.82, 2.24) is 0 Å². The third kappa shape index (κ3) is 3.40. The molecule has 0 aliphatic carbocycles. The summed E-state index contributed by atoms with van der Waals surface area (Å²) >= 11 is 0. The number of phenolic OH excluding ortho intramolecular Hbond substituents is 1. The molecule has 0 saturated carbocycles. The molecule has 0 bridgehead atoms. The molecule has 0 heterocycles. The van der Waals surface area contributed by atoms with Crippen LogP contribution in [0.2, 0.25) is 0 Å². The molecule has 6 heteroatoms. The molecule has 0 aliphatic heterocycles. The number of alkyl halides is 3. The quantitative estimate of drug-likeness (QED) is 0.860. The summed E-state index contributed by atoms with van der Waals surface area (Å²) in [4.78, 5) is 0. The second-order valence-electron chi connectivity index (χ2n) is 4.09. The van der Waals surface area contributed by atoms with Crippen LogP contribution in [0.1, 0.15) is 11.1 Å². The highest BCUT2D eigenvalue weighted by atomic mass is 19.4. The van der Waals surface area contributed by atoms with Crippen LogP contribution in [0.25, 0.3) is 0 Å². The highest BCUT2D eigenvalue weighted by Crippen LogP contribution is 2.31. The molecule has 0 unspecified atom stereocenters. The zero-order valence-electron chi connectivity index (χ0n) is 10.1. The summed E-state index contributed by atoms with van der Waals surface area (Å²) in [5, 5.41) is 9.04. The maximum absolute atomic E-state index is 13.4. The Hall–Kier alpha value is -2.24. The van der Waals surface area contributed by atoms with Gasteiger partial charge in [0.2, 0.25) is 0 Å². The van der Waals surface area contributed by atoms with Gasteiger partial charge in [0.05, 0.1) is 5.56 Å². The highest BCUT2D eigenvalue weighted by molar-refractivity contribution is 5.31. The lowest BCUT2D eigenvalue weighted by atomic mass is 10.2. The van der Waals surface area contributed by atoms with Crippen LogP contribution in [0.3, 0.4) is 0 Å². The number of aromatic hydroxyl groups is 1. The Kier molecular flexibility index (Phi) is 3.83. The summed E-state index contributed by atoms with van der Waals surface area (Å²) in [5.74, 6) is -0.922. The van der Waals surface area contributed by atoms with Crippen LogP contribution < -0.4 is 4.74 Å². The number of ether oxygens (including phenoxy) is 1. The van der Waals surface area contributed by atoms with E-state index in [-0.39, 0.29) is 23.7 Å². The van der Waals surface area contributed by atoms with Gasteiger partial charge in [0.15, 0.2) is 0 Å². The summed E-state index contributed by atoms with van der Waals surface area (Å²) in [6.07, 6.45) is -4.46. The van der Waals surface area contributed by atoms with E-state index in [0.717, 1.165) is 18.2 Å². The molecule has 0 aromatic heterocycles. The summed E-state index contributed by atoms with van der Waals surface area (Å²) < 4.78 is 56.0. The SMILES string of the molecule is Oc1ccc(COc2cccc(C(F)(F)F)c2)c(F)c1. The van der Waals surface area contributed by atoms with Gasteiger partial charge in [-0.1, -0.05) is 6.07 Å². The van der Waals surface area contributed by atoms with Gasteiger partial charge in [0, 0.05) is 11.6 Å². The van der Waals surface area contributed by atoms with Crippen LogP contribution in [0, 0.1) is 5.82 Å². The minimum atomic E-state index is -4.46. The van der Waals surface area contributed by atoms with Gasteiger partial charge in [-0.15, -0.1) is 0 Å². The average Bonchev–Trinajstić information content (AvgIpc) is 2.37. The average molecular weight is 286 g/mol. The molecule has 2 aromatic carbocycles. The second-order valence-corrected chi connectivity index (χ2v) is 4.09. The molecule has 2 rings (SSSR count). The molecule has 0 saturated heterocycles. The maximum atomic E-state index is 13.4. The van der Waals surface area contributed by atoms with Crippen molar-refractivity contribution in [1.29, 1.82) is 0 Å². The van der Waals surface area contributed by atoms with Crippen LogP contribution in [0.4, 0.5) is 17.6 Å². The van der Waals surface area contributed by atoms with Crippen LogP contribution >= 0.6 is 0 Å². The second kappa shape index (κ2) is 5.40. The Bertz CT molecular complexity index is 608. The topological polar surface area (TPSA) is 29.5 Å². The van der Waals surface area contributed by atoms with Gasteiger partial charge >= 0.3 is 6.18 Å². The van der Waals surface area contributed by atoms with E-state index in [9.17, 15) is 17.6 Å². The van der Waals surface area contributed by atoms with E-state index in [1.54, 1.807) is 0 Å². The lowest BCUT2D eigenvalue weighted by Crippen LogP contribution is -2.05. The molecular weight excluding hydrogens is 276 g/mol. The van der Waals surface area contributed by atoms with Crippen molar-refractivity contribution in [3.8, 4) is 11.5 Å². The van der Waals surface area contributed by atoms with E-state index in [0.29, 0.717) is 0 Å². The number of hydrogen-bond acceptors (Lipinski definition) is 2. The van der Waals surface area contributed by atoms with Crippen LogP contribution in [0.15, 0.2) is 42.5 Å². The van der Waals surface area contributed by atoms with Crippen molar-refractivity contribution >= 4 is 0 Å². The Balaban J connectivity index is 2.11. The molecule has 20 heavy (non-hydrogen) atoms. The first kappa shape index (κ1) is 14.2. The van der Waals surface area contributed by atoms with Gasteiger partial charge in [-0.3, -0.25) is 0 Å². The summed E-state index contributed by atoms with van der Waals surface area (Å²) in [6.45, 7) is -0.229. The van der Waals surface area contributed by atoms with Crippen molar-refractivity contribution in [3.63, 3.8) is 0 Å². The Labute approximate surface area is 112 Å². The molecule has 0 fully saturated rings. The summed E-state index contributed by atoms with van der Waals surface area (Å²) in [7, 11) is 0. The van der Waals surface area contributed by atoms with E-state index in [1.165, 1.54) is 24.3 Å². The van der Waals surface area contributed by atoms with Crippen molar-refractivity contribution in [2.75, 3.05) is 0 Å². The van der Waals surface area contributed by atoms with Crippen molar-refractivity contribution in [2.45, 2.75) is 12.8 Å². The lowest BCUT2D eigenvalue weighted by molar-refractivity contribution is -0.137. The summed E-state index contributed by atoms with van der Waals surface area (Å²) in [6, 6.07) is 7.82. The van der Waals surface area contributed by atoms with Crippen molar-refractivity contribution < 1.29 is 27.4 Å². The van der Waals surface area contributed by atoms with E-state index >= 15 is 0 Å². The minimum absolute atomic E-state index is 0.00713. The molecule has 0 aliphatic rings. The molecule has 0 radical (unpaired) electrons. The molecular formula is C14H10F4O2. The highest BCUT2D eigenvalue weighted by Gasteiger charge is 2.30. The Morgan fingerprint density at radius 3 is 2.45 bits per heavy atom. The van der Waals surface area contributed by atoms with Crippen LogP contribution in [0.5, 0.6) is 11.5 Å². The van der Waals surface area contributed by atoms with E-state index < -0.39 is 17.6 Å². The van der Waals surface area contributed by atoms with Crippen LogP contribution in [-0.4, -0.2) is 5.11 Å². The molecule has 106 valence electrons.